The zero-order valence-corrected chi connectivity index (χ0v) is 16.7. The van der Waals surface area contributed by atoms with E-state index >= 15 is 0 Å². The summed E-state index contributed by atoms with van der Waals surface area (Å²) >= 11 is 0. The Morgan fingerprint density at radius 1 is 1.14 bits per heavy atom. The number of carbonyl (C=O) groups is 1. The highest BCUT2D eigenvalue weighted by Gasteiger charge is 2.19. The fourth-order valence-electron chi connectivity index (χ4n) is 3.24. The maximum atomic E-state index is 12.9. The van der Waals surface area contributed by atoms with Gasteiger partial charge in [-0.05, 0) is 62.9 Å². The summed E-state index contributed by atoms with van der Waals surface area (Å²) < 4.78 is 0. The van der Waals surface area contributed by atoms with Crippen molar-refractivity contribution in [3.05, 3.63) is 68.1 Å². The Hall–Kier alpha value is -3.38. The van der Waals surface area contributed by atoms with Gasteiger partial charge in [0.25, 0.3) is 5.56 Å². The molecular weight excluding hydrogens is 352 g/mol. The van der Waals surface area contributed by atoms with E-state index < -0.39 is 5.56 Å². The minimum Gasteiger partial charge on any atom is -0.336 e. The minimum absolute atomic E-state index is 0.00265. The third kappa shape index (κ3) is 4.66. The van der Waals surface area contributed by atoms with Gasteiger partial charge >= 0.3 is 0 Å². The number of aromatic amines is 1. The lowest BCUT2D eigenvalue weighted by Gasteiger charge is -2.27. The first-order valence-electron chi connectivity index (χ1n) is 9.19. The molecule has 0 aliphatic rings. The molecule has 0 saturated heterocycles. The van der Waals surface area contributed by atoms with E-state index in [1.165, 1.54) is 0 Å². The number of amides is 1. The van der Waals surface area contributed by atoms with Crippen molar-refractivity contribution in [3.8, 4) is 12.1 Å². The van der Waals surface area contributed by atoms with Crippen molar-refractivity contribution in [2.24, 2.45) is 0 Å². The Bertz CT molecular complexity index is 1010. The Morgan fingerprint density at radius 3 is 2.32 bits per heavy atom. The van der Waals surface area contributed by atoms with Crippen molar-refractivity contribution in [1.82, 2.24) is 9.88 Å². The summed E-state index contributed by atoms with van der Waals surface area (Å²) in [6, 6.07) is 11.3. The molecule has 0 radical (unpaired) electrons. The van der Waals surface area contributed by atoms with Crippen LogP contribution in [-0.2, 0) is 17.8 Å². The number of hydrogen-bond donors (Lipinski definition) is 1. The van der Waals surface area contributed by atoms with Crippen LogP contribution in [0.1, 0.15) is 53.8 Å². The number of aromatic nitrogens is 1. The first kappa shape index (κ1) is 20.9. The second-order valence-electron chi connectivity index (χ2n) is 7.09. The van der Waals surface area contributed by atoms with Gasteiger partial charge in [0.2, 0.25) is 5.91 Å². The molecule has 1 aromatic heterocycles. The first-order valence-corrected chi connectivity index (χ1v) is 9.19. The molecule has 0 aliphatic carbocycles. The number of rotatable bonds is 6. The smallest absolute Gasteiger partial charge is 0.266 e. The third-order valence-corrected chi connectivity index (χ3v) is 4.89. The molecule has 6 nitrogen and oxygen atoms in total. The summed E-state index contributed by atoms with van der Waals surface area (Å²) in [5.41, 5.74) is 3.43. The van der Waals surface area contributed by atoms with Gasteiger partial charge in [-0.1, -0.05) is 12.1 Å². The molecule has 0 aliphatic heterocycles. The van der Waals surface area contributed by atoms with E-state index in [1.54, 1.807) is 30.9 Å². The van der Waals surface area contributed by atoms with Crippen molar-refractivity contribution in [2.45, 2.75) is 53.1 Å². The van der Waals surface area contributed by atoms with E-state index in [0.29, 0.717) is 29.8 Å². The number of nitriles is 2. The van der Waals surface area contributed by atoms with Gasteiger partial charge in [0.05, 0.1) is 11.6 Å². The van der Waals surface area contributed by atoms with Gasteiger partial charge in [-0.3, -0.25) is 9.59 Å². The lowest BCUT2D eigenvalue weighted by atomic mass is 9.98. The van der Waals surface area contributed by atoms with E-state index in [2.05, 4.69) is 11.1 Å². The predicted molar refractivity (Wildman–Crippen MR) is 106 cm³/mol. The number of carbonyl (C=O) groups excluding carboxylic acids is 1. The maximum Gasteiger partial charge on any atom is 0.266 e. The number of nitrogens with zero attached hydrogens (tertiary/aromatic N) is 3. The predicted octanol–water partition coefficient (Wildman–Crippen LogP) is 3.10. The van der Waals surface area contributed by atoms with E-state index in [9.17, 15) is 14.9 Å². The highest BCUT2D eigenvalue weighted by Crippen LogP contribution is 2.17. The van der Waals surface area contributed by atoms with Crippen molar-refractivity contribution >= 4 is 5.91 Å². The van der Waals surface area contributed by atoms with Crippen LogP contribution in [0.5, 0.6) is 0 Å². The Kier molecular flexibility index (Phi) is 6.74. The zero-order chi connectivity index (χ0) is 20.8. The van der Waals surface area contributed by atoms with Crippen LogP contribution < -0.4 is 5.56 Å². The number of pyridine rings is 1. The summed E-state index contributed by atoms with van der Waals surface area (Å²) in [6.45, 7) is 7.93. The first-order chi connectivity index (χ1) is 13.3. The number of nitrogens with one attached hydrogen (secondary N) is 1. The monoisotopic (exact) mass is 376 g/mol. The lowest BCUT2D eigenvalue weighted by Crippen LogP contribution is -2.36. The molecule has 6 heteroatoms. The average Bonchev–Trinajstić information content (AvgIpc) is 2.66. The third-order valence-electron chi connectivity index (χ3n) is 4.89. The summed E-state index contributed by atoms with van der Waals surface area (Å²) in [4.78, 5) is 29.2. The van der Waals surface area contributed by atoms with Gasteiger partial charge in [0.1, 0.15) is 11.6 Å². The Balaban J connectivity index is 2.16. The molecule has 0 spiro atoms. The molecule has 144 valence electrons. The Labute approximate surface area is 165 Å². The summed E-state index contributed by atoms with van der Waals surface area (Å²) in [6.07, 6.45) is 0.742. The SMILES string of the molecule is Cc1[nH]c(=O)c(C#N)c(C)c1CCC(=O)N(Cc1ccc(C#N)cc1)C(C)C. The van der Waals surface area contributed by atoms with E-state index in [1.807, 2.05) is 32.0 Å². The topological polar surface area (TPSA) is 101 Å². The van der Waals surface area contributed by atoms with Crippen LogP contribution in [-0.4, -0.2) is 21.8 Å². The molecule has 0 atom stereocenters. The molecule has 0 unspecified atom stereocenters. The summed E-state index contributed by atoms with van der Waals surface area (Å²) in [7, 11) is 0. The standard InChI is InChI=1S/C22H24N4O2/c1-14(2)26(13-18-7-5-17(11-23)6-8-18)21(27)10-9-19-15(3)20(12-24)22(28)25-16(19)4/h5-8,14H,9-10,13H2,1-4H3,(H,25,28). The van der Waals surface area contributed by atoms with Crippen molar-refractivity contribution in [2.75, 3.05) is 0 Å². The quantitative estimate of drug-likeness (QED) is 0.837. The van der Waals surface area contributed by atoms with Gasteiger partial charge in [-0.15, -0.1) is 0 Å². The normalized spacial score (nSPS) is 10.4. The molecule has 1 N–H and O–H groups in total. The van der Waals surface area contributed by atoms with E-state index in [0.717, 1.165) is 11.1 Å². The molecule has 0 bridgehead atoms. The van der Waals surface area contributed by atoms with Crippen molar-refractivity contribution in [1.29, 1.82) is 10.5 Å². The zero-order valence-electron chi connectivity index (χ0n) is 16.7. The molecule has 2 rings (SSSR count). The number of hydrogen-bond acceptors (Lipinski definition) is 4. The van der Waals surface area contributed by atoms with Crippen LogP contribution in [0.4, 0.5) is 0 Å². The van der Waals surface area contributed by atoms with E-state index in [4.69, 9.17) is 5.26 Å². The largest absolute Gasteiger partial charge is 0.336 e. The molecule has 1 amide bonds. The molecule has 28 heavy (non-hydrogen) atoms. The fraction of sp³-hybridized carbons (Fsp3) is 0.364. The number of H-pyrrole nitrogens is 1. The molecule has 1 heterocycles. The van der Waals surface area contributed by atoms with Crippen LogP contribution in [0.3, 0.4) is 0 Å². The van der Waals surface area contributed by atoms with Gasteiger partial charge in [0.15, 0.2) is 0 Å². The fourth-order valence-corrected chi connectivity index (χ4v) is 3.24. The van der Waals surface area contributed by atoms with Crippen LogP contribution in [0, 0.1) is 36.5 Å². The van der Waals surface area contributed by atoms with Crippen LogP contribution in [0.15, 0.2) is 29.1 Å². The van der Waals surface area contributed by atoms with Crippen LogP contribution >= 0.6 is 0 Å². The van der Waals surface area contributed by atoms with Crippen LogP contribution in [0.25, 0.3) is 0 Å². The summed E-state index contributed by atoms with van der Waals surface area (Å²) in [5.74, 6) is 0.00265. The lowest BCUT2D eigenvalue weighted by molar-refractivity contribution is -0.133. The van der Waals surface area contributed by atoms with Gasteiger partial charge in [-0.2, -0.15) is 10.5 Å². The van der Waals surface area contributed by atoms with Crippen LogP contribution in [0.2, 0.25) is 0 Å². The number of aryl methyl sites for hydroxylation is 1. The molecule has 2 aromatic rings. The van der Waals surface area contributed by atoms with Gasteiger partial charge in [-0.25, -0.2) is 0 Å². The van der Waals surface area contributed by atoms with Crippen molar-refractivity contribution < 1.29 is 4.79 Å². The molecular formula is C22H24N4O2. The Morgan fingerprint density at radius 2 is 1.79 bits per heavy atom. The average molecular weight is 376 g/mol. The number of benzene rings is 1. The molecule has 0 saturated carbocycles. The van der Waals surface area contributed by atoms with E-state index in [-0.39, 0.29) is 23.9 Å². The maximum absolute atomic E-state index is 12.9. The van der Waals surface area contributed by atoms with Gasteiger partial charge in [0, 0.05) is 24.7 Å². The highest BCUT2D eigenvalue weighted by molar-refractivity contribution is 5.77. The summed E-state index contributed by atoms with van der Waals surface area (Å²) in [5, 5.41) is 18.1. The second kappa shape index (κ2) is 9.01. The second-order valence-corrected chi connectivity index (χ2v) is 7.09. The minimum atomic E-state index is -0.391. The van der Waals surface area contributed by atoms with Crippen molar-refractivity contribution in [3.63, 3.8) is 0 Å². The molecule has 0 fully saturated rings. The highest BCUT2D eigenvalue weighted by atomic mass is 16.2. The molecule has 1 aromatic carbocycles. The van der Waals surface area contributed by atoms with Gasteiger partial charge < -0.3 is 9.88 Å².